The Labute approximate surface area is 76.0 Å². The van der Waals surface area contributed by atoms with Gasteiger partial charge in [-0.3, -0.25) is 9.59 Å². The number of hydrogen-bond donors (Lipinski definition) is 4. The van der Waals surface area contributed by atoms with Gasteiger partial charge in [0.25, 0.3) is 0 Å². The third-order valence-corrected chi connectivity index (χ3v) is 0.740. The highest BCUT2D eigenvalue weighted by Crippen LogP contribution is 1.60. The standard InChI is InChI=1S/C5H9NO2.C2H5NO2/c1-2-3-6-4-5(7)8;3-1-2(4)5/h2,6H,1,3-4H2,(H,7,8);1,3H2,(H,4,5). The minimum Gasteiger partial charge on any atom is -0.480 e. The van der Waals surface area contributed by atoms with Crippen LogP contribution in [-0.4, -0.2) is 41.8 Å². The van der Waals surface area contributed by atoms with Gasteiger partial charge in [0.15, 0.2) is 0 Å². The molecule has 6 heteroatoms. The monoisotopic (exact) mass is 190 g/mol. The first-order valence-corrected chi connectivity index (χ1v) is 3.49. The number of nitrogens with two attached hydrogens (primary N) is 1. The fourth-order valence-electron chi connectivity index (χ4n) is 0.281. The largest absolute Gasteiger partial charge is 0.480 e. The summed E-state index contributed by atoms with van der Waals surface area (Å²) in [7, 11) is 0. The Bertz CT molecular complexity index is 170. The van der Waals surface area contributed by atoms with Gasteiger partial charge in [0, 0.05) is 6.54 Å². The summed E-state index contributed by atoms with van der Waals surface area (Å²) in [6.07, 6.45) is 1.61. The fourth-order valence-corrected chi connectivity index (χ4v) is 0.281. The maximum atomic E-state index is 9.78. The van der Waals surface area contributed by atoms with E-state index in [-0.39, 0.29) is 13.1 Å². The molecule has 0 aliphatic heterocycles. The number of rotatable bonds is 5. The van der Waals surface area contributed by atoms with E-state index in [2.05, 4.69) is 17.6 Å². The van der Waals surface area contributed by atoms with E-state index in [4.69, 9.17) is 10.2 Å². The lowest BCUT2D eigenvalue weighted by molar-refractivity contribution is -0.136. The molecule has 0 fully saturated rings. The lowest BCUT2D eigenvalue weighted by atomic mass is 10.6. The van der Waals surface area contributed by atoms with Crippen molar-refractivity contribution in [1.29, 1.82) is 0 Å². The first kappa shape index (κ1) is 14.1. The molecular formula is C7H14N2O4. The normalized spacial score (nSPS) is 8.08. The molecule has 0 saturated carbocycles. The van der Waals surface area contributed by atoms with Crippen LogP contribution in [0.4, 0.5) is 0 Å². The van der Waals surface area contributed by atoms with E-state index >= 15 is 0 Å². The third kappa shape index (κ3) is 25.0. The SMILES string of the molecule is C=CCNCC(=O)O.NCC(=O)O. The number of carboxylic acids is 2. The second-order valence-electron chi connectivity index (χ2n) is 1.91. The zero-order valence-electron chi connectivity index (χ0n) is 7.19. The molecule has 13 heavy (non-hydrogen) atoms. The van der Waals surface area contributed by atoms with E-state index in [9.17, 15) is 9.59 Å². The lowest BCUT2D eigenvalue weighted by Gasteiger charge is -1.91. The van der Waals surface area contributed by atoms with Crippen molar-refractivity contribution in [2.75, 3.05) is 19.6 Å². The van der Waals surface area contributed by atoms with Gasteiger partial charge in [-0.05, 0) is 0 Å². The minimum atomic E-state index is -0.968. The van der Waals surface area contributed by atoms with Crippen LogP contribution in [0.1, 0.15) is 0 Å². The summed E-state index contributed by atoms with van der Waals surface area (Å²) in [5.41, 5.74) is 4.57. The zero-order valence-corrected chi connectivity index (χ0v) is 7.19. The van der Waals surface area contributed by atoms with Gasteiger partial charge in [-0.1, -0.05) is 6.08 Å². The molecule has 0 aliphatic carbocycles. The van der Waals surface area contributed by atoms with Crippen LogP contribution in [0.2, 0.25) is 0 Å². The Morgan fingerprint density at radius 3 is 2.08 bits per heavy atom. The second-order valence-corrected chi connectivity index (χ2v) is 1.91. The van der Waals surface area contributed by atoms with Crippen molar-refractivity contribution in [3.63, 3.8) is 0 Å². The summed E-state index contributed by atoms with van der Waals surface area (Å²) in [5, 5.41) is 18.3. The Morgan fingerprint density at radius 1 is 1.38 bits per heavy atom. The molecule has 0 aromatic carbocycles. The van der Waals surface area contributed by atoms with Crippen molar-refractivity contribution in [3.05, 3.63) is 12.7 Å². The average Bonchev–Trinajstić information content (AvgIpc) is 2.05. The number of nitrogens with one attached hydrogen (secondary N) is 1. The Morgan fingerprint density at radius 2 is 1.85 bits per heavy atom. The molecule has 0 aromatic heterocycles. The molecule has 0 heterocycles. The lowest BCUT2D eigenvalue weighted by Crippen LogP contribution is -2.21. The van der Waals surface area contributed by atoms with E-state index in [1.54, 1.807) is 6.08 Å². The quantitative estimate of drug-likeness (QED) is 0.322. The molecule has 0 atom stereocenters. The van der Waals surface area contributed by atoms with Gasteiger partial charge in [-0.25, -0.2) is 0 Å². The van der Waals surface area contributed by atoms with Gasteiger partial charge < -0.3 is 21.3 Å². The van der Waals surface area contributed by atoms with Gasteiger partial charge in [-0.15, -0.1) is 6.58 Å². The van der Waals surface area contributed by atoms with E-state index in [1.165, 1.54) is 0 Å². The van der Waals surface area contributed by atoms with Crippen molar-refractivity contribution in [1.82, 2.24) is 5.32 Å². The highest BCUT2D eigenvalue weighted by molar-refractivity contribution is 5.69. The predicted molar refractivity (Wildman–Crippen MR) is 47.4 cm³/mol. The summed E-state index contributed by atoms with van der Waals surface area (Å²) < 4.78 is 0. The van der Waals surface area contributed by atoms with Crippen LogP contribution in [0.25, 0.3) is 0 Å². The van der Waals surface area contributed by atoms with Crippen LogP contribution in [0, 0.1) is 0 Å². The molecule has 0 spiro atoms. The van der Waals surface area contributed by atoms with Crippen LogP contribution in [0.5, 0.6) is 0 Å². The van der Waals surface area contributed by atoms with Crippen molar-refractivity contribution < 1.29 is 19.8 Å². The number of hydrogen-bond acceptors (Lipinski definition) is 4. The Kier molecular flexibility index (Phi) is 11.5. The summed E-state index contributed by atoms with van der Waals surface area (Å²) in [4.78, 5) is 19.0. The van der Waals surface area contributed by atoms with Crippen LogP contribution >= 0.6 is 0 Å². The molecule has 6 nitrogen and oxygen atoms in total. The highest BCUT2D eigenvalue weighted by Gasteiger charge is 1.89. The summed E-state index contributed by atoms with van der Waals surface area (Å²) >= 11 is 0. The number of aliphatic carboxylic acids is 2. The van der Waals surface area contributed by atoms with Gasteiger partial charge in [0.2, 0.25) is 0 Å². The molecule has 0 radical (unpaired) electrons. The van der Waals surface area contributed by atoms with Gasteiger partial charge >= 0.3 is 11.9 Å². The fraction of sp³-hybridized carbons (Fsp3) is 0.429. The molecule has 0 unspecified atom stereocenters. The summed E-state index contributed by atoms with van der Waals surface area (Å²) in [5.74, 6) is -1.81. The Balaban J connectivity index is 0. The van der Waals surface area contributed by atoms with Crippen molar-refractivity contribution in [2.45, 2.75) is 0 Å². The highest BCUT2D eigenvalue weighted by atomic mass is 16.4. The molecule has 0 saturated heterocycles. The van der Waals surface area contributed by atoms with E-state index < -0.39 is 11.9 Å². The van der Waals surface area contributed by atoms with Crippen LogP contribution in [0.3, 0.4) is 0 Å². The number of carbonyl (C=O) groups is 2. The maximum absolute atomic E-state index is 9.78. The molecule has 0 amide bonds. The van der Waals surface area contributed by atoms with E-state index in [0.29, 0.717) is 6.54 Å². The topological polar surface area (TPSA) is 113 Å². The Hall–Kier alpha value is -1.40. The maximum Gasteiger partial charge on any atom is 0.317 e. The van der Waals surface area contributed by atoms with Crippen molar-refractivity contribution >= 4 is 11.9 Å². The van der Waals surface area contributed by atoms with Crippen molar-refractivity contribution in [3.8, 4) is 0 Å². The van der Waals surface area contributed by atoms with Crippen LogP contribution in [-0.2, 0) is 9.59 Å². The first-order valence-electron chi connectivity index (χ1n) is 3.49. The smallest absolute Gasteiger partial charge is 0.317 e. The third-order valence-electron chi connectivity index (χ3n) is 0.740. The van der Waals surface area contributed by atoms with Gasteiger partial charge in [0.05, 0.1) is 13.1 Å². The molecule has 5 N–H and O–H groups in total. The first-order chi connectivity index (χ1) is 6.04. The minimum absolute atomic E-state index is 0.00597. The summed E-state index contributed by atoms with van der Waals surface area (Å²) in [6.45, 7) is 3.68. The molecular weight excluding hydrogens is 176 g/mol. The molecule has 0 aliphatic rings. The summed E-state index contributed by atoms with van der Waals surface area (Å²) in [6, 6.07) is 0. The predicted octanol–water partition coefficient (Wildman–Crippen LogP) is -1.12. The van der Waals surface area contributed by atoms with E-state index in [1.807, 2.05) is 0 Å². The van der Waals surface area contributed by atoms with Crippen molar-refractivity contribution in [2.24, 2.45) is 5.73 Å². The zero-order chi connectivity index (χ0) is 10.7. The van der Waals surface area contributed by atoms with Crippen LogP contribution in [0.15, 0.2) is 12.7 Å². The second kappa shape index (κ2) is 10.6. The van der Waals surface area contributed by atoms with Gasteiger partial charge in [0.1, 0.15) is 0 Å². The van der Waals surface area contributed by atoms with Crippen LogP contribution < -0.4 is 11.1 Å². The average molecular weight is 190 g/mol. The number of carboxylic acid groups (broad SMARTS) is 2. The van der Waals surface area contributed by atoms with E-state index in [0.717, 1.165) is 0 Å². The molecule has 0 rings (SSSR count). The van der Waals surface area contributed by atoms with Gasteiger partial charge in [-0.2, -0.15) is 0 Å². The molecule has 76 valence electrons. The molecule has 0 aromatic rings. The molecule has 0 bridgehead atoms.